The quantitative estimate of drug-likeness (QED) is 0.523. The van der Waals surface area contributed by atoms with Gasteiger partial charge in [-0.2, -0.15) is 0 Å². The van der Waals surface area contributed by atoms with E-state index in [1.807, 2.05) is 30.3 Å². The highest BCUT2D eigenvalue weighted by Gasteiger charge is 2.09. The van der Waals surface area contributed by atoms with Crippen LogP contribution >= 0.6 is 0 Å². The maximum atomic E-state index is 12.0. The Morgan fingerprint density at radius 2 is 1.66 bits per heavy atom. The van der Waals surface area contributed by atoms with Crippen molar-refractivity contribution >= 4 is 17.6 Å². The number of nitrogens with one attached hydrogen (secondary N) is 2. The molecule has 8 heteroatoms. The van der Waals surface area contributed by atoms with Crippen molar-refractivity contribution in [2.45, 2.75) is 6.54 Å². The summed E-state index contributed by atoms with van der Waals surface area (Å²) in [5, 5.41) is 6.26. The van der Waals surface area contributed by atoms with Crippen molar-refractivity contribution in [3.05, 3.63) is 48.0 Å². The van der Waals surface area contributed by atoms with Crippen LogP contribution in [0.1, 0.15) is 5.56 Å². The first-order chi connectivity index (χ1) is 14.0. The Kier molecular flexibility index (Phi) is 8.14. The number of guanidine groups is 1. The van der Waals surface area contributed by atoms with Crippen LogP contribution < -0.4 is 24.8 Å². The third-order valence-electron chi connectivity index (χ3n) is 4.13. The minimum absolute atomic E-state index is 0.0590. The van der Waals surface area contributed by atoms with Crippen LogP contribution in [-0.2, 0) is 11.3 Å². The molecule has 0 saturated carbocycles. The number of amides is 1. The van der Waals surface area contributed by atoms with Gasteiger partial charge in [0.1, 0.15) is 5.75 Å². The van der Waals surface area contributed by atoms with E-state index < -0.39 is 0 Å². The molecule has 0 aliphatic heterocycles. The fraction of sp³-hybridized carbons (Fsp3) is 0.333. The molecule has 0 unspecified atom stereocenters. The summed E-state index contributed by atoms with van der Waals surface area (Å²) in [4.78, 5) is 18.1. The fourth-order valence-corrected chi connectivity index (χ4v) is 2.41. The van der Waals surface area contributed by atoms with Crippen molar-refractivity contribution in [2.75, 3.05) is 47.3 Å². The van der Waals surface area contributed by atoms with Crippen LogP contribution in [0.2, 0.25) is 0 Å². The van der Waals surface area contributed by atoms with Gasteiger partial charge in [0.2, 0.25) is 5.91 Å². The molecule has 0 atom stereocenters. The number of hydrogen-bond donors (Lipinski definition) is 2. The average molecular weight is 400 g/mol. The SMILES string of the molecule is COc1ccc(CN=C(NCC(=O)N(C)C)Nc2ccc(OC)c(OC)c2)cc1. The Hall–Kier alpha value is -3.42. The lowest BCUT2D eigenvalue weighted by Gasteiger charge is -2.16. The molecule has 1 amide bonds. The topological polar surface area (TPSA) is 84.4 Å². The van der Waals surface area contributed by atoms with Gasteiger partial charge in [0.25, 0.3) is 0 Å². The molecule has 0 spiro atoms. The number of carbonyl (C=O) groups excluding carboxylic acids is 1. The molecule has 0 fully saturated rings. The van der Waals surface area contributed by atoms with E-state index >= 15 is 0 Å². The largest absolute Gasteiger partial charge is 0.497 e. The lowest BCUT2D eigenvalue weighted by atomic mass is 10.2. The van der Waals surface area contributed by atoms with Crippen LogP contribution in [-0.4, -0.2) is 58.7 Å². The number of methoxy groups -OCH3 is 3. The van der Waals surface area contributed by atoms with Gasteiger partial charge in [-0.15, -0.1) is 0 Å². The Balaban J connectivity index is 2.18. The van der Waals surface area contributed by atoms with Gasteiger partial charge in [0.15, 0.2) is 17.5 Å². The number of carbonyl (C=O) groups is 1. The van der Waals surface area contributed by atoms with Gasteiger partial charge in [-0.25, -0.2) is 4.99 Å². The van der Waals surface area contributed by atoms with Crippen LogP contribution in [0, 0.1) is 0 Å². The first kappa shape index (κ1) is 21.9. The van der Waals surface area contributed by atoms with Crippen LogP contribution in [0.4, 0.5) is 5.69 Å². The second kappa shape index (κ2) is 10.8. The van der Waals surface area contributed by atoms with Crippen LogP contribution in [0.3, 0.4) is 0 Å². The smallest absolute Gasteiger partial charge is 0.241 e. The summed E-state index contributed by atoms with van der Waals surface area (Å²) in [5.41, 5.74) is 1.76. The zero-order valence-electron chi connectivity index (χ0n) is 17.5. The maximum absolute atomic E-state index is 12.0. The standard InChI is InChI=1S/C21H28N4O4/c1-25(2)20(26)14-23-21(22-13-15-6-9-17(27-3)10-7-15)24-16-8-11-18(28-4)19(12-16)29-5/h6-12H,13-14H2,1-5H3,(H2,22,23,24). The minimum atomic E-state index is -0.0590. The Labute approximate surface area is 171 Å². The maximum Gasteiger partial charge on any atom is 0.241 e. The summed E-state index contributed by atoms with van der Waals surface area (Å²) in [7, 11) is 8.21. The normalized spacial score (nSPS) is 10.9. The molecule has 0 aliphatic rings. The van der Waals surface area contributed by atoms with Gasteiger partial charge in [-0.3, -0.25) is 4.79 Å². The number of rotatable bonds is 8. The molecule has 2 aromatic rings. The van der Waals surface area contributed by atoms with Crippen molar-refractivity contribution in [1.82, 2.24) is 10.2 Å². The first-order valence-corrected chi connectivity index (χ1v) is 9.07. The van der Waals surface area contributed by atoms with E-state index in [1.165, 1.54) is 4.90 Å². The van der Waals surface area contributed by atoms with Crippen LogP contribution in [0.15, 0.2) is 47.5 Å². The Morgan fingerprint density at radius 1 is 0.966 bits per heavy atom. The van der Waals surface area contributed by atoms with Crippen LogP contribution in [0.5, 0.6) is 17.2 Å². The van der Waals surface area contributed by atoms with E-state index in [1.54, 1.807) is 47.6 Å². The number of nitrogens with zero attached hydrogens (tertiary/aromatic N) is 2. The summed E-state index contributed by atoms with van der Waals surface area (Å²) in [5.74, 6) is 2.43. The molecule has 0 heterocycles. The lowest BCUT2D eigenvalue weighted by molar-refractivity contribution is -0.127. The monoisotopic (exact) mass is 400 g/mol. The molecular formula is C21H28N4O4. The minimum Gasteiger partial charge on any atom is -0.497 e. The third-order valence-corrected chi connectivity index (χ3v) is 4.13. The molecule has 2 aromatic carbocycles. The average Bonchev–Trinajstić information content (AvgIpc) is 2.75. The fourth-order valence-electron chi connectivity index (χ4n) is 2.41. The number of benzene rings is 2. The number of ether oxygens (including phenoxy) is 3. The highest BCUT2D eigenvalue weighted by Crippen LogP contribution is 2.29. The van der Waals surface area contributed by atoms with Gasteiger partial charge >= 0.3 is 0 Å². The summed E-state index contributed by atoms with van der Waals surface area (Å²) in [6, 6.07) is 13.1. The highest BCUT2D eigenvalue weighted by atomic mass is 16.5. The molecule has 2 rings (SSSR count). The second-order valence-electron chi connectivity index (χ2n) is 6.35. The van der Waals surface area contributed by atoms with Crippen molar-refractivity contribution in [1.29, 1.82) is 0 Å². The summed E-state index contributed by atoms with van der Waals surface area (Å²) >= 11 is 0. The molecule has 0 aliphatic carbocycles. The zero-order chi connectivity index (χ0) is 21.2. The van der Waals surface area contributed by atoms with Crippen molar-refractivity contribution < 1.29 is 19.0 Å². The van der Waals surface area contributed by atoms with E-state index in [9.17, 15) is 4.79 Å². The number of anilines is 1. The van der Waals surface area contributed by atoms with E-state index in [2.05, 4.69) is 15.6 Å². The molecule has 29 heavy (non-hydrogen) atoms. The Bertz CT molecular complexity index is 835. The molecule has 0 radical (unpaired) electrons. The lowest BCUT2D eigenvalue weighted by Crippen LogP contribution is -2.39. The number of aliphatic imine (C=N–C) groups is 1. The van der Waals surface area contributed by atoms with E-state index in [0.29, 0.717) is 24.0 Å². The van der Waals surface area contributed by atoms with E-state index in [-0.39, 0.29) is 12.5 Å². The van der Waals surface area contributed by atoms with Crippen molar-refractivity contribution in [3.8, 4) is 17.2 Å². The molecule has 156 valence electrons. The number of likely N-dealkylation sites (N-methyl/N-ethyl adjacent to an activating group) is 1. The van der Waals surface area contributed by atoms with Crippen LogP contribution in [0.25, 0.3) is 0 Å². The molecule has 2 N–H and O–H groups in total. The molecule has 0 saturated heterocycles. The zero-order valence-corrected chi connectivity index (χ0v) is 17.5. The summed E-state index contributed by atoms with van der Waals surface area (Å²) in [6.07, 6.45) is 0. The predicted molar refractivity (Wildman–Crippen MR) is 114 cm³/mol. The van der Waals surface area contributed by atoms with Gasteiger partial charge in [-0.05, 0) is 29.8 Å². The number of hydrogen-bond acceptors (Lipinski definition) is 5. The summed E-state index contributed by atoms with van der Waals surface area (Å²) in [6.45, 7) is 0.553. The van der Waals surface area contributed by atoms with E-state index in [4.69, 9.17) is 14.2 Å². The predicted octanol–water partition coefficient (Wildman–Crippen LogP) is 2.36. The van der Waals surface area contributed by atoms with Gasteiger partial charge in [0.05, 0.1) is 34.4 Å². The van der Waals surface area contributed by atoms with Crippen molar-refractivity contribution in [3.63, 3.8) is 0 Å². The highest BCUT2D eigenvalue weighted by molar-refractivity contribution is 5.96. The first-order valence-electron chi connectivity index (χ1n) is 9.07. The third kappa shape index (κ3) is 6.60. The molecular weight excluding hydrogens is 372 g/mol. The molecule has 0 bridgehead atoms. The summed E-state index contributed by atoms with van der Waals surface area (Å²) < 4.78 is 15.8. The second-order valence-corrected chi connectivity index (χ2v) is 6.35. The molecule has 8 nitrogen and oxygen atoms in total. The van der Waals surface area contributed by atoms with E-state index in [0.717, 1.165) is 17.0 Å². The Morgan fingerprint density at radius 3 is 2.24 bits per heavy atom. The van der Waals surface area contributed by atoms with Gasteiger partial charge in [-0.1, -0.05) is 12.1 Å². The van der Waals surface area contributed by atoms with Gasteiger partial charge in [0, 0.05) is 25.8 Å². The van der Waals surface area contributed by atoms with Gasteiger partial charge < -0.3 is 29.7 Å². The molecule has 0 aromatic heterocycles. The van der Waals surface area contributed by atoms with Crippen molar-refractivity contribution in [2.24, 2.45) is 4.99 Å².